The third-order valence-electron chi connectivity index (χ3n) is 3.94. The lowest BCUT2D eigenvalue weighted by Gasteiger charge is -2.14. The fourth-order valence-electron chi connectivity index (χ4n) is 2.62. The molecule has 3 heteroatoms. The molecular weight excluding hydrogens is 258 g/mol. The van der Waals surface area contributed by atoms with Crippen molar-refractivity contribution >= 4 is 11.0 Å². The summed E-state index contributed by atoms with van der Waals surface area (Å²) in [6.07, 6.45) is 0. The van der Waals surface area contributed by atoms with E-state index in [4.69, 9.17) is 4.98 Å². The summed E-state index contributed by atoms with van der Waals surface area (Å²) >= 11 is 0. The van der Waals surface area contributed by atoms with E-state index in [0.29, 0.717) is 0 Å². The SMILES string of the molecule is Cc1ccc(CNC(C)c2nc3ccccc3n2C)cc1. The average molecular weight is 279 g/mol. The van der Waals surface area contributed by atoms with Crippen molar-refractivity contribution in [1.29, 1.82) is 0 Å². The molecule has 21 heavy (non-hydrogen) atoms. The predicted molar refractivity (Wildman–Crippen MR) is 87.1 cm³/mol. The van der Waals surface area contributed by atoms with E-state index in [0.717, 1.165) is 17.9 Å². The molecule has 1 unspecified atom stereocenters. The van der Waals surface area contributed by atoms with E-state index < -0.39 is 0 Å². The van der Waals surface area contributed by atoms with Crippen LogP contribution in [-0.4, -0.2) is 9.55 Å². The second-order valence-corrected chi connectivity index (χ2v) is 5.61. The maximum Gasteiger partial charge on any atom is 0.126 e. The first-order chi connectivity index (χ1) is 10.1. The highest BCUT2D eigenvalue weighted by Crippen LogP contribution is 2.19. The van der Waals surface area contributed by atoms with Crippen LogP contribution in [0.5, 0.6) is 0 Å². The van der Waals surface area contributed by atoms with Crippen LogP contribution in [0, 0.1) is 6.92 Å². The minimum absolute atomic E-state index is 0.212. The van der Waals surface area contributed by atoms with Gasteiger partial charge in [-0.3, -0.25) is 0 Å². The number of aromatic nitrogens is 2. The van der Waals surface area contributed by atoms with Gasteiger partial charge in [0.15, 0.2) is 0 Å². The average Bonchev–Trinajstić information content (AvgIpc) is 2.84. The number of imidazole rings is 1. The lowest BCUT2D eigenvalue weighted by molar-refractivity contribution is 0.533. The van der Waals surface area contributed by atoms with Crippen LogP contribution in [0.2, 0.25) is 0 Å². The highest BCUT2D eigenvalue weighted by molar-refractivity contribution is 5.75. The molecule has 0 spiro atoms. The molecule has 3 rings (SSSR count). The first kappa shape index (κ1) is 13.8. The molecule has 1 atom stereocenters. The molecule has 0 aliphatic heterocycles. The maximum absolute atomic E-state index is 4.74. The zero-order valence-electron chi connectivity index (χ0n) is 12.8. The number of para-hydroxylation sites is 2. The van der Waals surface area contributed by atoms with Crippen LogP contribution in [-0.2, 0) is 13.6 Å². The molecule has 0 aliphatic carbocycles. The van der Waals surface area contributed by atoms with E-state index in [1.54, 1.807) is 0 Å². The molecule has 0 aliphatic rings. The molecule has 2 aromatic carbocycles. The van der Waals surface area contributed by atoms with Crippen molar-refractivity contribution in [3.63, 3.8) is 0 Å². The summed E-state index contributed by atoms with van der Waals surface area (Å²) in [5.74, 6) is 1.07. The summed E-state index contributed by atoms with van der Waals surface area (Å²) in [5, 5.41) is 3.55. The molecule has 1 aromatic heterocycles. The fraction of sp³-hybridized carbons (Fsp3) is 0.278. The predicted octanol–water partition coefficient (Wildman–Crippen LogP) is 3.73. The van der Waals surface area contributed by atoms with E-state index >= 15 is 0 Å². The van der Waals surface area contributed by atoms with Gasteiger partial charge in [0.2, 0.25) is 0 Å². The molecule has 1 N–H and O–H groups in total. The molecule has 108 valence electrons. The van der Waals surface area contributed by atoms with Crippen LogP contribution in [0.25, 0.3) is 11.0 Å². The van der Waals surface area contributed by atoms with Crippen LogP contribution in [0.4, 0.5) is 0 Å². The Balaban J connectivity index is 1.76. The maximum atomic E-state index is 4.74. The molecule has 3 aromatic rings. The van der Waals surface area contributed by atoms with Gasteiger partial charge in [-0.05, 0) is 31.5 Å². The molecule has 3 nitrogen and oxygen atoms in total. The standard InChI is InChI=1S/C18H21N3/c1-13-8-10-15(11-9-13)12-19-14(2)18-20-16-6-4-5-7-17(16)21(18)3/h4-11,14,19H,12H2,1-3H3. The Morgan fingerprint density at radius 2 is 1.81 bits per heavy atom. The van der Waals surface area contributed by atoms with E-state index in [9.17, 15) is 0 Å². The van der Waals surface area contributed by atoms with Gasteiger partial charge in [-0.2, -0.15) is 0 Å². The smallest absolute Gasteiger partial charge is 0.126 e. The third kappa shape index (κ3) is 2.83. The minimum Gasteiger partial charge on any atom is -0.330 e. The van der Waals surface area contributed by atoms with Crippen molar-refractivity contribution < 1.29 is 0 Å². The Morgan fingerprint density at radius 1 is 1.10 bits per heavy atom. The van der Waals surface area contributed by atoms with Gasteiger partial charge in [0.1, 0.15) is 5.82 Å². The van der Waals surface area contributed by atoms with Crippen LogP contribution in [0.15, 0.2) is 48.5 Å². The van der Waals surface area contributed by atoms with Crippen molar-refractivity contribution in [1.82, 2.24) is 14.9 Å². The molecule has 0 radical (unpaired) electrons. The highest BCUT2D eigenvalue weighted by atomic mass is 15.1. The van der Waals surface area contributed by atoms with Gasteiger partial charge in [-0.15, -0.1) is 0 Å². The zero-order chi connectivity index (χ0) is 14.8. The van der Waals surface area contributed by atoms with Gasteiger partial charge < -0.3 is 9.88 Å². The Labute approximate surface area is 125 Å². The number of fused-ring (bicyclic) bond motifs is 1. The molecular formula is C18H21N3. The quantitative estimate of drug-likeness (QED) is 0.788. The van der Waals surface area contributed by atoms with E-state index in [1.807, 2.05) is 6.07 Å². The second-order valence-electron chi connectivity index (χ2n) is 5.61. The summed E-state index contributed by atoms with van der Waals surface area (Å²) in [7, 11) is 2.08. The van der Waals surface area contributed by atoms with Crippen molar-refractivity contribution in [2.24, 2.45) is 7.05 Å². The molecule has 1 heterocycles. The Morgan fingerprint density at radius 3 is 2.52 bits per heavy atom. The second kappa shape index (κ2) is 5.70. The molecule has 0 saturated carbocycles. The van der Waals surface area contributed by atoms with Gasteiger partial charge in [0.05, 0.1) is 17.1 Å². The van der Waals surface area contributed by atoms with Gasteiger partial charge >= 0.3 is 0 Å². The number of hydrogen-bond donors (Lipinski definition) is 1. The van der Waals surface area contributed by atoms with Crippen LogP contribution in [0.3, 0.4) is 0 Å². The molecule has 0 fully saturated rings. The number of aryl methyl sites for hydroxylation is 2. The molecule has 0 saturated heterocycles. The van der Waals surface area contributed by atoms with Gasteiger partial charge in [0.25, 0.3) is 0 Å². The van der Waals surface area contributed by atoms with E-state index in [-0.39, 0.29) is 6.04 Å². The summed E-state index contributed by atoms with van der Waals surface area (Å²) in [4.78, 5) is 4.74. The molecule has 0 amide bonds. The topological polar surface area (TPSA) is 29.9 Å². The highest BCUT2D eigenvalue weighted by Gasteiger charge is 2.13. The number of nitrogens with one attached hydrogen (secondary N) is 1. The van der Waals surface area contributed by atoms with Gasteiger partial charge in [0, 0.05) is 13.6 Å². The lowest BCUT2D eigenvalue weighted by atomic mass is 10.1. The Hall–Kier alpha value is -2.13. The Bertz CT molecular complexity index is 741. The van der Waals surface area contributed by atoms with Gasteiger partial charge in [-0.1, -0.05) is 42.0 Å². The first-order valence-corrected chi connectivity index (χ1v) is 7.35. The number of benzene rings is 2. The van der Waals surface area contributed by atoms with Crippen molar-refractivity contribution in [2.75, 3.05) is 0 Å². The number of nitrogens with zero attached hydrogens (tertiary/aromatic N) is 2. The first-order valence-electron chi connectivity index (χ1n) is 7.35. The lowest BCUT2D eigenvalue weighted by Crippen LogP contribution is -2.21. The molecule has 0 bridgehead atoms. The van der Waals surface area contributed by atoms with Crippen LogP contribution in [0.1, 0.15) is 29.9 Å². The summed E-state index contributed by atoms with van der Waals surface area (Å²) in [5.41, 5.74) is 4.82. The van der Waals surface area contributed by atoms with Crippen LogP contribution < -0.4 is 5.32 Å². The third-order valence-corrected chi connectivity index (χ3v) is 3.94. The zero-order valence-corrected chi connectivity index (χ0v) is 12.8. The number of rotatable bonds is 4. The fourth-order valence-corrected chi connectivity index (χ4v) is 2.62. The van der Waals surface area contributed by atoms with Crippen molar-refractivity contribution in [3.8, 4) is 0 Å². The summed E-state index contributed by atoms with van der Waals surface area (Å²) in [6, 6.07) is 17.1. The number of hydrogen-bond acceptors (Lipinski definition) is 2. The minimum atomic E-state index is 0.212. The monoisotopic (exact) mass is 279 g/mol. The normalized spacial score (nSPS) is 12.7. The van der Waals surface area contributed by atoms with Crippen molar-refractivity contribution in [2.45, 2.75) is 26.4 Å². The summed E-state index contributed by atoms with van der Waals surface area (Å²) in [6.45, 7) is 5.12. The van der Waals surface area contributed by atoms with E-state index in [2.05, 4.69) is 73.2 Å². The van der Waals surface area contributed by atoms with Crippen LogP contribution >= 0.6 is 0 Å². The van der Waals surface area contributed by atoms with E-state index in [1.165, 1.54) is 16.6 Å². The van der Waals surface area contributed by atoms with Crippen molar-refractivity contribution in [3.05, 3.63) is 65.5 Å². The van der Waals surface area contributed by atoms with Gasteiger partial charge in [-0.25, -0.2) is 4.98 Å². The largest absolute Gasteiger partial charge is 0.330 e. The summed E-state index contributed by atoms with van der Waals surface area (Å²) < 4.78 is 2.17. The Kier molecular flexibility index (Phi) is 3.76.